The lowest BCUT2D eigenvalue weighted by Crippen LogP contribution is -2.14. The van der Waals surface area contributed by atoms with Gasteiger partial charge in [0.2, 0.25) is 5.88 Å². The highest BCUT2D eigenvalue weighted by molar-refractivity contribution is 5.83. The highest BCUT2D eigenvalue weighted by atomic mass is 16.5. The highest BCUT2D eigenvalue weighted by Gasteiger charge is 2.16. The quantitative estimate of drug-likeness (QED) is 0.686. The smallest absolute Gasteiger partial charge is 0.320 e. The maximum absolute atomic E-state index is 9.47. The average molecular weight is 253 g/mol. The van der Waals surface area contributed by atoms with Crippen LogP contribution in [0.1, 0.15) is 5.56 Å². The van der Waals surface area contributed by atoms with Crippen LogP contribution in [0.4, 0.5) is 0 Å². The fourth-order valence-electron chi connectivity index (χ4n) is 1.72. The van der Waals surface area contributed by atoms with Gasteiger partial charge in [-0.2, -0.15) is 9.97 Å². The Bertz CT molecular complexity index is 540. The van der Waals surface area contributed by atoms with Crippen LogP contribution in [0.5, 0.6) is 11.9 Å². The number of aromatic nitrogens is 3. The van der Waals surface area contributed by atoms with Crippen molar-refractivity contribution in [3.05, 3.63) is 11.8 Å². The molecule has 0 aliphatic carbocycles. The van der Waals surface area contributed by atoms with E-state index in [1.165, 1.54) is 14.2 Å². The molecule has 98 valence electrons. The number of hydrogen-bond donors (Lipinski definition) is 3. The van der Waals surface area contributed by atoms with Gasteiger partial charge >= 0.3 is 6.01 Å². The van der Waals surface area contributed by atoms with Gasteiger partial charge in [0.15, 0.2) is 0 Å². The van der Waals surface area contributed by atoms with Crippen molar-refractivity contribution in [1.29, 1.82) is 0 Å². The number of nitrogens with one attached hydrogen (secondary N) is 1. The Morgan fingerprint density at radius 2 is 2.11 bits per heavy atom. The van der Waals surface area contributed by atoms with Crippen LogP contribution < -0.4 is 9.47 Å². The molecule has 0 saturated carbocycles. The maximum Gasteiger partial charge on any atom is 0.320 e. The van der Waals surface area contributed by atoms with E-state index in [-0.39, 0.29) is 12.6 Å². The fourth-order valence-corrected chi connectivity index (χ4v) is 1.72. The second kappa shape index (κ2) is 5.19. The highest BCUT2D eigenvalue weighted by Crippen LogP contribution is 2.26. The van der Waals surface area contributed by atoms with E-state index < -0.39 is 6.10 Å². The number of H-pyrrole nitrogens is 1. The minimum Gasteiger partial charge on any atom is -0.479 e. The maximum atomic E-state index is 9.47. The summed E-state index contributed by atoms with van der Waals surface area (Å²) >= 11 is 0. The SMILES string of the molecule is COc1nc(OC)c2[nH]cc(C[C@@H](O)CO)c2n1. The third-order valence-corrected chi connectivity index (χ3v) is 2.59. The van der Waals surface area contributed by atoms with Crippen LogP contribution in [0, 0.1) is 0 Å². The van der Waals surface area contributed by atoms with Crippen LogP contribution in [0.2, 0.25) is 0 Å². The first-order valence-corrected chi connectivity index (χ1v) is 5.44. The van der Waals surface area contributed by atoms with Crippen molar-refractivity contribution in [2.75, 3.05) is 20.8 Å². The fraction of sp³-hybridized carbons (Fsp3) is 0.455. The van der Waals surface area contributed by atoms with Gasteiger partial charge in [-0.05, 0) is 5.56 Å². The zero-order chi connectivity index (χ0) is 13.1. The summed E-state index contributed by atoms with van der Waals surface area (Å²) in [6, 6.07) is 0.193. The summed E-state index contributed by atoms with van der Waals surface area (Å²) in [7, 11) is 2.97. The van der Waals surface area contributed by atoms with Crippen molar-refractivity contribution in [2.45, 2.75) is 12.5 Å². The van der Waals surface area contributed by atoms with Crippen molar-refractivity contribution >= 4 is 11.0 Å². The van der Waals surface area contributed by atoms with E-state index in [0.717, 1.165) is 5.56 Å². The number of aliphatic hydroxyl groups excluding tert-OH is 2. The third kappa shape index (κ3) is 2.22. The van der Waals surface area contributed by atoms with Crippen molar-refractivity contribution in [3.63, 3.8) is 0 Å². The van der Waals surface area contributed by atoms with Gasteiger partial charge in [-0.3, -0.25) is 0 Å². The third-order valence-electron chi connectivity index (χ3n) is 2.59. The van der Waals surface area contributed by atoms with Gasteiger partial charge in [0.05, 0.1) is 26.9 Å². The van der Waals surface area contributed by atoms with E-state index in [9.17, 15) is 5.11 Å². The first kappa shape index (κ1) is 12.6. The second-order valence-electron chi connectivity index (χ2n) is 3.80. The van der Waals surface area contributed by atoms with E-state index >= 15 is 0 Å². The molecule has 0 spiro atoms. The van der Waals surface area contributed by atoms with E-state index in [2.05, 4.69) is 15.0 Å². The zero-order valence-corrected chi connectivity index (χ0v) is 10.2. The predicted molar refractivity (Wildman–Crippen MR) is 63.8 cm³/mol. The van der Waals surface area contributed by atoms with Gasteiger partial charge in [0, 0.05) is 12.6 Å². The molecule has 0 fully saturated rings. The zero-order valence-electron chi connectivity index (χ0n) is 10.2. The lowest BCUT2D eigenvalue weighted by molar-refractivity contribution is 0.0957. The molecule has 2 rings (SSSR count). The molecule has 0 saturated heterocycles. The van der Waals surface area contributed by atoms with Crippen LogP contribution in [-0.4, -0.2) is 52.1 Å². The van der Waals surface area contributed by atoms with Gasteiger partial charge in [0.25, 0.3) is 0 Å². The largest absolute Gasteiger partial charge is 0.479 e. The predicted octanol–water partition coefficient (Wildman–Crippen LogP) is -0.129. The molecule has 2 aromatic heterocycles. The molecule has 3 N–H and O–H groups in total. The van der Waals surface area contributed by atoms with Crippen LogP contribution in [0.25, 0.3) is 11.0 Å². The van der Waals surface area contributed by atoms with Crippen LogP contribution in [0.3, 0.4) is 0 Å². The van der Waals surface area contributed by atoms with Gasteiger partial charge in [-0.1, -0.05) is 0 Å². The summed E-state index contributed by atoms with van der Waals surface area (Å²) in [6.45, 7) is -0.300. The Morgan fingerprint density at radius 3 is 2.72 bits per heavy atom. The molecular formula is C11H15N3O4. The Balaban J connectivity index is 2.49. The number of methoxy groups -OCH3 is 2. The lowest BCUT2D eigenvalue weighted by Gasteiger charge is -2.06. The monoisotopic (exact) mass is 253 g/mol. The standard InChI is InChI=1S/C11H15N3O4/c1-17-10-9-8(13-11(14-10)18-2)6(4-12-9)3-7(16)5-15/h4,7,12,15-16H,3,5H2,1-2H3/t7-/m1/s1. The molecule has 0 aliphatic rings. The average Bonchev–Trinajstić information content (AvgIpc) is 2.80. The Labute approximate surface area is 103 Å². The Morgan fingerprint density at radius 1 is 1.33 bits per heavy atom. The molecule has 0 unspecified atom stereocenters. The summed E-state index contributed by atoms with van der Waals surface area (Å²) in [4.78, 5) is 11.3. The summed E-state index contributed by atoms with van der Waals surface area (Å²) < 4.78 is 10.1. The van der Waals surface area contributed by atoms with Crippen molar-refractivity contribution in [3.8, 4) is 11.9 Å². The second-order valence-corrected chi connectivity index (χ2v) is 3.80. The van der Waals surface area contributed by atoms with E-state index in [1.54, 1.807) is 6.20 Å². The molecule has 18 heavy (non-hydrogen) atoms. The molecule has 0 bridgehead atoms. The molecule has 0 aliphatic heterocycles. The Hall–Kier alpha value is -1.86. The number of rotatable bonds is 5. The van der Waals surface area contributed by atoms with Crippen molar-refractivity contribution in [2.24, 2.45) is 0 Å². The summed E-state index contributed by atoms with van der Waals surface area (Å²) in [5.74, 6) is 0.376. The molecule has 1 atom stereocenters. The van der Waals surface area contributed by atoms with Gasteiger partial charge in [-0.15, -0.1) is 0 Å². The van der Waals surface area contributed by atoms with Gasteiger partial charge < -0.3 is 24.7 Å². The summed E-state index contributed by atoms with van der Waals surface area (Å²) in [6.07, 6.45) is 1.18. The molecular weight excluding hydrogens is 238 g/mol. The molecule has 7 nitrogen and oxygen atoms in total. The van der Waals surface area contributed by atoms with Crippen LogP contribution in [-0.2, 0) is 6.42 Å². The first-order chi connectivity index (χ1) is 8.69. The topological polar surface area (TPSA) is 100 Å². The minimum absolute atomic E-state index is 0.193. The van der Waals surface area contributed by atoms with Crippen LogP contribution >= 0.6 is 0 Å². The number of aromatic amines is 1. The lowest BCUT2D eigenvalue weighted by atomic mass is 10.1. The summed E-state index contributed by atoms with van der Waals surface area (Å²) in [5, 5.41) is 18.3. The van der Waals surface area contributed by atoms with E-state index in [4.69, 9.17) is 14.6 Å². The number of fused-ring (bicyclic) bond motifs is 1. The van der Waals surface area contributed by atoms with Crippen LogP contribution in [0.15, 0.2) is 6.20 Å². The van der Waals surface area contributed by atoms with Gasteiger partial charge in [-0.25, -0.2) is 0 Å². The van der Waals surface area contributed by atoms with Crippen molar-refractivity contribution in [1.82, 2.24) is 15.0 Å². The molecule has 0 amide bonds. The number of nitrogens with zero attached hydrogens (tertiary/aromatic N) is 2. The number of aliphatic hydroxyl groups is 2. The summed E-state index contributed by atoms with van der Waals surface area (Å²) in [5.41, 5.74) is 2.02. The van der Waals surface area contributed by atoms with Gasteiger partial charge in [0.1, 0.15) is 11.0 Å². The molecule has 0 radical (unpaired) electrons. The van der Waals surface area contributed by atoms with E-state index in [0.29, 0.717) is 23.3 Å². The molecule has 7 heteroatoms. The van der Waals surface area contributed by atoms with E-state index in [1.807, 2.05) is 0 Å². The molecule has 0 aromatic carbocycles. The molecule has 2 aromatic rings. The van der Waals surface area contributed by atoms with Crippen molar-refractivity contribution < 1.29 is 19.7 Å². The number of hydrogen-bond acceptors (Lipinski definition) is 6. The minimum atomic E-state index is -0.823. The number of ether oxygens (including phenoxy) is 2. The first-order valence-electron chi connectivity index (χ1n) is 5.44. The normalized spacial score (nSPS) is 12.7. The molecule has 2 heterocycles. The Kier molecular flexibility index (Phi) is 3.63.